The molecule has 3 nitrogen and oxygen atoms in total. The number of morpholine rings is 1. The van der Waals surface area contributed by atoms with E-state index in [0.29, 0.717) is 48.5 Å². The SMILES string of the molecule is O=C(c1ccc(SC(F)F)cc1)N1CCOCC1. The van der Waals surface area contributed by atoms with Crippen LogP contribution < -0.4 is 0 Å². The average Bonchev–Trinajstić information content (AvgIpc) is 2.39. The summed E-state index contributed by atoms with van der Waals surface area (Å²) >= 11 is 0.476. The van der Waals surface area contributed by atoms with E-state index in [1.54, 1.807) is 29.2 Å². The Kier molecular flexibility index (Phi) is 4.54. The number of benzene rings is 1. The van der Waals surface area contributed by atoms with Gasteiger partial charge >= 0.3 is 0 Å². The third-order valence-electron chi connectivity index (χ3n) is 2.62. The standard InChI is InChI=1S/C12H13F2NO2S/c13-12(14)18-10-3-1-9(2-4-10)11(16)15-5-7-17-8-6-15/h1-4,12H,5-8H2. The number of alkyl halides is 2. The van der Waals surface area contributed by atoms with Gasteiger partial charge in [-0.1, -0.05) is 11.8 Å². The van der Waals surface area contributed by atoms with E-state index in [1.807, 2.05) is 0 Å². The summed E-state index contributed by atoms with van der Waals surface area (Å²) in [6.07, 6.45) is 0. The fourth-order valence-corrected chi connectivity index (χ4v) is 2.23. The van der Waals surface area contributed by atoms with E-state index in [4.69, 9.17) is 4.74 Å². The Hall–Kier alpha value is -1.14. The first-order chi connectivity index (χ1) is 8.66. The quantitative estimate of drug-likeness (QED) is 0.792. The van der Waals surface area contributed by atoms with Crippen molar-refractivity contribution in [3.63, 3.8) is 0 Å². The number of carbonyl (C=O) groups excluding carboxylic acids is 1. The molecule has 0 atom stereocenters. The van der Waals surface area contributed by atoms with Crippen LogP contribution >= 0.6 is 11.8 Å². The van der Waals surface area contributed by atoms with Crippen LogP contribution in [-0.4, -0.2) is 42.9 Å². The molecule has 1 aliphatic rings. The van der Waals surface area contributed by atoms with Crippen LogP contribution in [0.5, 0.6) is 0 Å². The second kappa shape index (κ2) is 6.15. The average molecular weight is 273 g/mol. The van der Waals surface area contributed by atoms with Crippen molar-refractivity contribution >= 4 is 17.7 Å². The smallest absolute Gasteiger partial charge is 0.288 e. The van der Waals surface area contributed by atoms with Crippen LogP contribution in [0.1, 0.15) is 10.4 Å². The Morgan fingerprint density at radius 3 is 2.39 bits per heavy atom. The van der Waals surface area contributed by atoms with Gasteiger partial charge in [0.1, 0.15) is 0 Å². The number of halogens is 2. The lowest BCUT2D eigenvalue weighted by molar-refractivity contribution is 0.0303. The third kappa shape index (κ3) is 3.43. The van der Waals surface area contributed by atoms with E-state index in [-0.39, 0.29) is 5.91 Å². The Morgan fingerprint density at radius 1 is 1.22 bits per heavy atom. The van der Waals surface area contributed by atoms with Gasteiger partial charge in [-0.05, 0) is 24.3 Å². The lowest BCUT2D eigenvalue weighted by Gasteiger charge is -2.26. The van der Waals surface area contributed by atoms with E-state index < -0.39 is 5.76 Å². The van der Waals surface area contributed by atoms with Crippen LogP contribution in [-0.2, 0) is 4.74 Å². The van der Waals surface area contributed by atoms with Gasteiger partial charge in [0.05, 0.1) is 13.2 Å². The maximum Gasteiger partial charge on any atom is 0.288 e. The van der Waals surface area contributed by atoms with Gasteiger partial charge in [-0.3, -0.25) is 4.79 Å². The van der Waals surface area contributed by atoms with Gasteiger partial charge in [0.25, 0.3) is 11.7 Å². The van der Waals surface area contributed by atoms with Gasteiger partial charge < -0.3 is 9.64 Å². The molecule has 2 rings (SSSR count). The van der Waals surface area contributed by atoms with Crippen LogP contribution in [0.2, 0.25) is 0 Å². The van der Waals surface area contributed by atoms with Crippen LogP contribution in [0.3, 0.4) is 0 Å². The van der Waals surface area contributed by atoms with E-state index in [9.17, 15) is 13.6 Å². The highest BCUT2D eigenvalue weighted by Gasteiger charge is 2.18. The first-order valence-electron chi connectivity index (χ1n) is 5.59. The summed E-state index contributed by atoms with van der Waals surface area (Å²) in [5.74, 6) is -2.52. The molecule has 0 spiro atoms. The number of rotatable bonds is 3. The van der Waals surface area contributed by atoms with Crippen LogP contribution in [0, 0.1) is 0 Å². The minimum absolute atomic E-state index is 0.0769. The molecular formula is C12H13F2NO2S. The number of thioether (sulfide) groups is 1. The molecule has 0 saturated carbocycles. The molecule has 1 fully saturated rings. The highest BCUT2D eigenvalue weighted by Crippen LogP contribution is 2.25. The van der Waals surface area contributed by atoms with E-state index in [1.165, 1.54) is 0 Å². The zero-order chi connectivity index (χ0) is 13.0. The van der Waals surface area contributed by atoms with Gasteiger partial charge in [0, 0.05) is 23.5 Å². The molecule has 1 aliphatic heterocycles. The largest absolute Gasteiger partial charge is 0.378 e. The van der Waals surface area contributed by atoms with Crippen molar-refractivity contribution in [3.05, 3.63) is 29.8 Å². The van der Waals surface area contributed by atoms with Crippen molar-refractivity contribution in [2.24, 2.45) is 0 Å². The molecule has 1 aromatic rings. The minimum atomic E-state index is -2.44. The van der Waals surface area contributed by atoms with Gasteiger partial charge in [-0.2, -0.15) is 8.78 Å². The molecule has 0 unspecified atom stereocenters. The third-order valence-corrected chi connectivity index (χ3v) is 3.35. The topological polar surface area (TPSA) is 29.5 Å². The normalized spacial score (nSPS) is 16.1. The molecule has 98 valence electrons. The second-order valence-corrected chi connectivity index (χ2v) is 4.87. The number of amides is 1. The molecule has 0 radical (unpaired) electrons. The molecule has 0 N–H and O–H groups in total. The monoisotopic (exact) mass is 273 g/mol. The summed E-state index contributed by atoms with van der Waals surface area (Å²) in [7, 11) is 0. The molecule has 1 heterocycles. The summed E-state index contributed by atoms with van der Waals surface area (Å²) in [5, 5.41) is 0. The summed E-state index contributed by atoms with van der Waals surface area (Å²) in [6.45, 7) is 2.24. The number of nitrogens with zero attached hydrogens (tertiary/aromatic N) is 1. The van der Waals surface area contributed by atoms with E-state index in [2.05, 4.69) is 0 Å². The lowest BCUT2D eigenvalue weighted by Crippen LogP contribution is -2.40. The van der Waals surface area contributed by atoms with Crippen molar-refractivity contribution in [2.75, 3.05) is 26.3 Å². The van der Waals surface area contributed by atoms with Crippen LogP contribution in [0.4, 0.5) is 8.78 Å². The van der Waals surface area contributed by atoms with Gasteiger partial charge in [-0.25, -0.2) is 0 Å². The molecule has 0 aliphatic carbocycles. The van der Waals surface area contributed by atoms with Gasteiger partial charge in [-0.15, -0.1) is 0 Å². The van der Waals surface area contributed by atoms with Crippen molar-refractivity contribution < 1.29 is 18.3 Å². The first kappa shape index (κ1) is 13.3. The lowest BCUT2D eigenvalue weighted by atomic mass is 10.2. The Bertz CT molecular complexity index is 405. The predicted octanol–water partition coefficient (Wildman–Crippen LogP) is 2.47. The molecule has 18 heavy (non-hydrogen) atoms. The highest BCUT2D eigenvalue weighted by molar-refractivity contribution is 7.99. The zero-order valence-corrected chi connectivity index (χ0v) is 10.5. The summed E-state index contributed by atoms with van der Waals surface area (Å²) in [5.41, 5.74) is 0.524. The Labute approximate surface area is 108 Å². The van der Waals surface area contributed by atoms with Crippen LogP contribution in [0.15, 0.2) is 29.2 Å². The van der Waals surface area contributed by atoms with Crippen molar-refractivity contribution in [1.82, 2.24) is 4.90 Å². The number of ether oxygens (including phenoxy) is 1. The Balaban J connectivity index is 2.02. The van der Waals surface area contributed by atoms with Gasteiger partial charge in [0.2, 0.25) is 0 Å². The van der Waals surface area contributed by atoms with Crippen molar-refractivity contribution in [2.45, 2.75) is 10.7 Å². The second-order valence-electron chi connectivity index (χ2n) is 3.81. The van der Waals surface area contributed by atoms with Crippen molar-refractivity contribution in [1.29, 1.82) is 0 Å². The zero-order valence-electron chi connectivity index (χ0n) is 9.64. The summed E-state index contributed by atoms with van der Waals surface area (Å²) in [6, 6.07) is 6.26. The van der Waals surface area contributed by atoms with Crippen molar-refractivity contribution in [3.8, 4) is 0 Å². The molecule has 1 aromatic carbocycles. The van der Waals surface area contributed by atoms with Crippen LogP contribution in [0.25, 0.3) is 0 Å². The number of hydrogen-bond acceptors (Lipinski definition) is 3. The maximum absolute atomic E-state index is 12.1. The molecule has 1 saturated heterocycles. The molecule has 6 heteroatoms. The van der Waals surface area contributed by atoms with E-state index in [0.717, 1.165) is 0 Å². The number of hydrogen-bond donors (Lipinski definition) is 0. The van der Waals surface area contributed by atoms with E-state index >= 15 is 0 Å². The Morgan fingerprint density at radius 2 is 1.83 bits per heavy atom. The molecule has 0 bridgehead atoms. The summed E-state index contributed by atoms with van der Waals surface area (Å²) < 4.78 is 29.5. The number of carbonyl (C=O) groups is 1. The molecule has 0 aromatic heterocycles. The van der Waals surface area contributed by atoms with Gasteiger partial charge in [0.15, 0.2) is 0 Å². The molecular weight excluding hydrogens is 260 g/mol. The molecule has 1 amide bonds. The fraction of sp³-hybridized carbons (Fsp3) is 0.417. The highest BCUT2D eigenvalue weighted by atomic mass is 32.2. The maximum atomic E-state index is 12.1. The predicted molar refractivity (Wildman–Crippen MR) is 65.0 cm³/mol. The minimum Gasteiger partial charge on any atom is -0.378 e. The summed E-state index contributed by atoms with van der Waals surface area (Å²) in [4.78, 5) is 14.2. The first-order valence-corrected chi connectivity index (χ1v) is 6.46. The fourth-order valence-electron chi connectivity index (χ4n) is 1.73.